The predicted molar refractivity (Wildman–Crippen MR) is 158 cm³/mol. The third-order valence-electron chi connectivity index (χ3n) is 6.25. The molecule has 0 aromatic heterocycles. The molecule has 1 N–H and O–H groups in total. The molecule has 3 aromatic carbocycles. The Labute approximate surface area is 245 Å². The van der Waals surface area contributed by atoms with E-state index in [1.54, 1.807) is 44.2 Å². The van der Waals surface area contributed by atoms with Crippen LogP contribution in [0.3, 0.4) is 0 Å². The van der Waals surface area contributed by atoms with Crippen molar-refractivity contribution in [3.63, 3.8) is 0 Å². The number of nitrogens with one attached hydrogen (secondary N) is 1. The second-order valence-electron chi connectivity index (χ2n) is 9.14. The molecule has 0 saturated carbocycles. The largest absolute Gasteiger partial charge is 0.497 e. The number of carbonyl (C=O) groups excluding carboxylic acids is 2. The lowest BCUT2D eigenvalue weighted by molar-refractivity contribution is -0.140. The van der Waals surface area contributed by atoms with Crippen LogP contribution in [0.5, 0.6) is 5.75 Å². The molecule has 8 nitrogen and oxygen atoms in total. The first-order chi connectivity index (χ1) is 19.0. The van der Waals surface area contributed by atoms with E-state index in [0.717, 1.165) is 9.87 Å². The molecule has 40 heavy (non-hydrogen) atoms. The Morgan fingerprint density at radius 2 is 1.62 bits per heavy atom. The Hall–Kier alpha value is -3.27. The number of rotatable bonds is 12. The smallest absolute Gasteiger partial charge is 0.264 e. The topological polar surface area (TPSA) is 96.0 Å². The molecule has 0 spiro atoms. The van der Waals surface area contributed by atoms with Gasteiger partial charge in [0.1, 0.15) is 18.3 Å². The lowest BCUT2D eigenvalue weighted by Crippen LogP contribution is -2.52. The molecule has 11 heteroatoms. The summed E-state index contributed by atoms with van der Waals surface area (Å²) in [6.45, 7) is 5.27. The highest BCUT2D eigenvalue weighted by atomic mass is 35.5. The fraction of sp³-hybridized carbons (Fsp3) is 0.310. The summed E-state index contributed by atoms with van der Waals surface area (Å²) in [5.74, 6) is -0.319. The number of anilines is 1. The average molecular weight is 607 g/mol. The van der Waals surface area contributed by atoms with Crippen molar-refractivity contribution in [2.24, 2.45) is 0 Å². The van der Waals surface area contributed by atoms with Crippen LogP contribution in [0.4, 0.5) is 5.69 Å². The summed E-state index contributed by atoms with van der Waals surface area (Å²) in [6, 6.07) is 16.9. The zero-order valence-corrected chi connectivity index (χ0v) is 25.2. The monoisotopic (exact) mass is 605 g/mol. The molecule has 0 aliphatic heterocycles. The van der Waals surface area contributed by atoms with E-state index >= 15 is 0 Å². The van der Waals surface area contributed by atoms with Gasteiger partial charge < -0.3 is 15.0 Å². The number of hydrogen-bond acceptors (Lipinski definition) is 5. The van der Waals surface area contributed by atoms with Crippen molar-refractivity contribution in [2.45, 2.75) is 44.7 Å². The van der Waals surface area contributed by atoms with Gasteiger partial charge in [0.05, 0.1) is 17.7 Å². The van der Waals surface area contributed by atoms with Gasteiger partial charge in [0.2, 0.25) is 11.8 Å². The number of ether oxygens (including phenoxy) is 1. The van der Waals surface area contributed by atoms with Crippen LogP contribution in [0.25, 0.3) is 0 Å². The Morgan fingerprint density at radius 3 is 2.20 bits per heavy atom. The van der Waals surface area contributed by atoms with Crippen molar-refractivity contribution in [1.82, 2.24) is 10.2 Å². The van der Waals surface area contributed by atoms with Crippen LogP contribution in [0.1, 0.15) is 31.4 Å². The zero-order valence-electron chi connectivity index (χ0n) is 22.9. The number of aryl methyl sites for hydroxylation is 1. The number of nitrogens with zero attached hydrogens (tertiary/aromatic N) is 2. The van der Waals surface area contributed by atoms with E-state index in [1.165, 1.54) is 42.3 Å². The number of benzene rings is 3. The van der Waals surface area contributed by atoms with Gasteiger partial charge in [-0.1, -0.05) is 60.0 Å². The molecule has 0 aliphatic carbocycles. The number of likely N-dealkylation sites (N-methyl/N-ethyl adjacent to an activating group) is 1. The minimum absolute atomic E-state index is 0.00267. The van der Waals surface area contributed by atoms with E-state index < -0.39 is 28.5 Å². The van der Waals surface area contributed by atoms with E-state index in [1.807, 2.05) is 13.0 Å². The Balaban J connectivity index is 2.10. The van der Waals surface area contributed by atoms with Crippen LogP contribution in [-0.2, 0) is 26.2 Å². The first kappa shape index (κ1) is 31.3. The predicted octanol–water partition coefficient (Wildman–Crippen LogP) is 5.45. The summed E-state index contributed by atoms with van der Waals surface area (Å²) in [4.78, 5) is 28.5. The van der Waals surface area contributed by atoms with E-state index in [4.69, 9.17) is 27.9 Å². The molecule has 3 rings (SSSR count). The number of halogens is 2. The van der Waals surface area contributed by atoms with Gasteiger partial charge in [-0.15, -0.1) is 0 Å². The molecule has 0 fully saturated rings. The first-order valence-electron chi connectivity index (χ1n) is 12.8. The molecule has 2 amide bonds. The summed E-state index contributed by atoms with van der Waals surface area (Å²) in [5.41, 5.74) is 1.72. The summed E-state index contributed by atoms with van der Waals surface area (Å²) in [5, 5.41) is 3.20. The minimum Gasteiger partial charge on any atom is -0.497 e. The van der Waals surface area contributed by atoms with Gasteiger partial charge in [0.15, 0.2) is 0 Å². The van der Waals surface area contributed by atoms with Crippen molar-refractivity contribution in [3.05, 3.63) is 87.9 Å². The van der Waals surface area contributed by atoms with Crippen LogP contribution in [0.2, 0.25) is 10.0 Å². The van der Waals surface area contributed by atoms with Gasteiger partial charge in [-0.25, -0.2) is 8.42 Å². The maximum atomic E-state index is 14.0. The van der Waals surface area contributed by atoms with Crippen molar-refractivity contribution < 1.29 is 22.7 Å². The Kier molecular flexibility index (Phi) is 10.8. The van der Waals surface area contributed by atoms with Gasteiger partial charge in [-0.2, -0.15) is 0 Å². The maximum absolute atomic E-state index is 14.0. The Bertz CT molecular complexity index is 1430. The SMILES string of the molecule is CCNC(=O)[C@H](CC)N(Cc1cccc(OC)c1)C(=O)CN(c1cc(Cl)cc(Cl)c1)S(=O)(=O)c1ccc(C)cc1. The first-order valence-corrected chi connectivity index (χ1v) is 14.9. The number of sulfonamides is 1. The molecule has 214 valence electrons. The van der Waals surface area contributed by atoms with Crippen molar-refractivity contribution in [1.29, 1.82) is 0 Å². The number of carbonyl (C=O) groups is 2. The van der Waals surface area contributed by atoms with Gasteiger partial charge in [-0.05, 0) is 68.3 Å². The van der Waals surface area contributed by atoms with Crippen molar-refractivity contribution in [3.8, 4) is 5.75 Å². The van der Waals surface area contributed by atoms with Crippen molar-refractivity contribution >= 4 is 50.7 Å². The lowest BCUT2D eigenvalue weighted by atomic mass is 10.1. The standard InChI is InChI=1S/C29H33Cl2N3O5S/c1-5-27(29(36)32-6-2)33(18-21-8-7-9-25(14-21)39-4)28(35)19-34(24-16-22(30)15-23(31)17-24)40(37,38)26-12-10-20(3)11-13-26/h7-17,27H,5-6,18-19H2,1-4H3,(H,32,36)/t27-/m0/s1. The second-order valence-corrected chi connectivity index (χ2v) is 11.9. The number of methoxy groups -OCH3 is 1. The van der Waals surface area contributed by atoms with Gasteiger partial charge in [0, 0.05) is 23.1 Å². The fourth-order valence-corrected chi connectivity index (χ4v) is 6.14. The van der Waals surface area contributed by atoms with Crippen LogP contribution in [0.15, 0.2) is 71.6 Å². The number of amides is 2. The summed E-state index contributed by atoms with van der Waals surface area (Å²) < 4.78 is 34.1. The molecule has 0 heterocycles. The normalized spacial score (nSPS) is 11.9. The average Bonchev–Trinajstić information content (AvgIpc) is 2.91. The minimum atomic E-state index is -4.23. The molecule has 0 radical (unpaired) electrons. The lowest BCUT2D eigenvalue weighted by Gasteiger charge is -2.33. The molecular weight excluding hydrogens is 573 g/mol. The highest BCUT2D eigenvalue weighted by Crippen LogP contribution is 2.30. The maximum Gasteiger partial charge on any atom is 0.264 e. The molecule has 0 bridgehead atoms. The van der Waals surface area contributed by atoms with E-state index in [2.05, 4.69) is 5.32 Å². The van der Waals surface area contributed by atoms with E-state index in [0.29, 0.717) is 24.3 Å². The summed E-state index contributed by atoms with van der Waals surface area (Å²) in [6.07, 6.45) is 0.315. The fourth-order valence-electron chi connectivity index (χ4n) is 4.23. The second kappa shape index (κ2) is 13.9. The third-order valence-corrected chi connectivity index (χ3v) is 8.47. The highest BCUT2D eigenvalue weighted by Gasteiger charge is 2.33. The van der Waals surface area contributed by atoms with Crippen molar-refractivity contribution in [2.75, 3.05) is 24.5 Å². The van der Waals surface area contributed by atoms with Gasteiger partial charge >= 0.3 is 0 Å². The molecule has 0 aliphatic rings. The summed E-state index contributed by atoms with van der Waals surface area (Å²) >= 11 is 12.5. The van der Waals surface area contributed by atoms with Crippen LogP contribution in [-0.4, -0.2) is 51.4 Å². The van der Waals surface area contributed by atoms with Gasteiger partial charge in [-0.3, -0.25) is 13.9 Å². The van der Waals surface area contributed by atoms with Crippen LogP contribution >= 0.6 is 23.2 Å². The van der Waals surface area contributed by atoms with Crippen LogP contribution in [0, 0.1) is 6.92 Å². The Morgan fingerprint density at radius 1 is 0.975 bits per heavy atom. The molecular formula is C29H33Cl2N3O5S. The molecule has 0 saturated heterocycles. The summed E-state index contributed by atoms with van der Waals surface area (Å²) in [7, 11) is -2.69. The van der Waals surface area contributed by atoms with Crippen LogP contribution < -0.4 is 14.4 Å². The van der Waals surface area contributed by atoms with E-state index in [9.17, 15) is 18.0 Å². The molecule has 0 unspecified atom stereocenters. The van der Waals surface area contributed by atoms with E-state index in [-0.39, 0.29) is 33.1 Å². The third kappa shape index (κ3) is 7.68. The molecule has 1 atom stereocenters. The van der Waals surface area contributed by atoms with Gasteiger partial charge in [0.25, 0.3) is 10.0 Å². The number of hydrogen-bond donors (Lipinski definition) is 1. The highest BCUT2D eigenvalue weighted by molar-refractivity contribution is 7.92. The molecule has 3 aromatic rings. The quantitative estimate of drug-likeness (QED) is 0.296. The zero-order chi connectivity index (χ0) is 29.4.